The molecule has 1 aliphatic carbocycles. The van der Waals surface area contributed by atoms with Crippen molar-refractivity contribution in [2.75, 3.05) is 32.8 Å². The summed E-state index contributed by atoms with van der Waals surface area (Å²) >= 11 is 0. The molecule has 0 fully saturated rings. The number of benzene rings is 2. The van der Waals surface area contributed by atoms with Crippen molar-refractivity contribution in [2.45, 2.75) is 39.0 Å². The van der Waals surface area contributed by atoms with Gasteiger partial charge in [-0.25, -0.2) is 4.79 Å². The number of aryl methyl sites for hydroxylation is 1. The number of carbonyl (C=O) groups is 2. The van der Waals surface area contributed by atoms with E-state index in [9.17, 15) is 9.59 Å². The van der Waals surface area contributed by atoms with Gasteiger partial charge in [-0.15, -0.1) is 0 Å². The Balaban J connectivity index is 2.04. The highest BCUT2D eigenvalue weighted by atomic mass is 16.5. The Morgan fingerprint density at radius 3 is 2.33 bits per heavy atom. The van der Waals surface area contributed by atoms with Gasteiger partial charge < -0.3 is 24.7 Å². The first-order chi connectivity index (χ1) is 17.4. The summed E-state index contributed by atoms with van der Waals surface area (Å²) in [7, 11) is 4.57. The van der Waals surface area contributed by atoms with Crippen molar-refractivity contribution in [1.82, 2.24) is 0 Å². The van der Waals surface area contributed by atoms with Crippen molar-refractivity contribution in [2.24, 2.45) is 5.73 Å². The van der Waals surface area contributed by atoms with Gasteiger partial charge in [0.25, 0.3) is 0 Å². The zero-order chi connectivity index (χ0) is 26.0. The van der Waals surface area contributed by atoms with E-state index in [1.54, 1.807) is 19.1 Å². The van der Waals surface area contributed by atoms with Crippen molar-refractivity contribution in [3.8, 4) is 17.2 Å². The number of allylic oxidation sites excluding steroid dienone is 2. The number of anilines is 1. The Labute approximate surface area is 211 Å². The van der Waals surface area contributed by atoms with Crippen molar-refractivity contribution in [3.05, 3.63) is 70.2 Å². The van der Waals surface area contributed by atoms with Gasteiger partial charge in [0.1, 0.15) is 5.82 Å². The van der Waals surface area contributed by atoms with E-state index in [4.69, 9.17) is 24.7 Å². The van der Waals surface area contributed by atoms with Gasteiger partial charge in [0.05, 0.1) is 39.4 Å². The van der Waals surface area contributed by atoms with E-state index in [2.05, 4.69) is 0 Å². The number of hydrogen-bond donors (Lipinski definition) is 1. The van der Waals surface area contributed by atoms with Crippen LogP contribution in [0, 0.1) is 6.92 Å². The monoisotopic (exact) mass is 492 g/mol. The lowest BCUT2D eigenvalue weighted by molar-refractivity contribution is -0.138. The van der Waals surface area contributed by atoms with Crippen LogP contribution in [0.5, 0.6) is 17.2 Å². The van der Waals surface area contributed by atoms with Crippen molar-refractivity contribution in [1.29, 1.82) is 0 Å². The number of esters is 1. The molecule has 8 nitrogen and oxygen atoms in total. The number of Topliss-reactive ketones (excluding diaryl/α,β-unsaturated/α-hetero) is 1. The molecule has 0 unspecified atom stereocenters. The van der Waals surface area contributed by atoms with Crippen molar-refractivity contribution in [3.63, 3.8) is 0 Å². The molecule has 1 aliphatic heterocycles. The fourth-order valence-corrected chi connectivity index (χ4v) is 5.06. The van der Waals surface area contributed by atoms with E-state index in [1.165, 1.54) is 21.3 Å². The van der Waals surface area contributed by atoms with Gasteiger partial charge >= 0.3 is 5.97 Å². The molecule has 2 aromatic rings. The zero-order valence-electron chi connectivity index (χ0n) is 21.3. The van der Waals surface area contributed by atoms with Crippen LogP contribution in [-0.2, 0) is 14.3 Å². The molecule has 0 saturated carbocycles. The summed E-state index contributed by atoms with van der Waals surface area (Å²) < 4.78 is 22.1. The normalized spacial score (nSPS) is 17.6. The van der Waals surface area contributed by atoms with Gasteiger partial charge in [0.15, 0.2) is 17.3 Å². The molecule has 2 aliphatic rings. The third-order valence-corrected chi connectivity index (χ3v) is 6.57. The van der Waals surface area contributed by atoms with Gasteiger partial charge in [-0.1, -0.05) is 12.1 Å². The third-order valence-electron chi connectivity index (χ3n) is 6.57. The summed E-state index contributed by atoms with van der Waals surface area (Å²) in [5.41, 5.74) is 10.8. The summed E-state index contributed by atoms with van der Waals surface area (Å²) in [6, 6.07) is 11.3. The molecule has 1 heterocycles. The number of hydrogen-bond acceptors (Lipinski definition) is 8. The smallest absolute Gasteiger partial charge is 0.338 e. The first-order valence-electron chi connectivity index (χ1n) is 12.0. The molecular weight excluding hydrogens is 460 g/mol. The second kappa shape index (κ2) is 10.4. The summed E-state index contributed by atoms with van der Waals surface area (Å²) in [4.78, 5) is 28.8. The van der Waals surface area contributed by atoms with Crippen LogP contribution < -0.4 is 24.8 Å². The van der Waals surface area contributed by atoms with Crippen LogP contribution in [0.3, 0.4) is 0 Å². The molecule has 1 atom stereocenters. The summed E-state index contributed by atoms with van der Waals surface area (Å²) in [5.74, 6) is 0.145. The minimum absolute atomic E-state index is 0.0260. The van der Waals surface area contributed by atoms with Crippen LogP contribution in [0.15, 0.2) is 59.1 Å². The largest absolute Gasteiger partial charge is 0.493 e. The number of carbonyl (C=O) groups excluding carboxylic acids is 2. The molecule has 190 valence electrons. The predicted molar refractivity (Wildman–Crippen MR) is 136 cm³/mol. The quantitative estimate of drug-likeness (QED) is 0.569. The summed E-state index contributed by atoms with van der Waals surface area (Å²) in [6.07, 6.45) is 1.73. The minimum Gasteiger partial charge on any atom is -0.493 e. The van der Waals surface area contributed by atoms with Gasteiger partial charge in [0, 0.05) is 23.4 Å². The lowest BCUT2D eigenvalue weighted by atomic mass is 9.75. The number of methoxy groups -OCH3 is 3. The highest BCUT2D eigenvalue weighted by Gasteiger charge is 2.43. The average molecular weight is 493 g/mol. The molecule has 2 N–H and O–H groups in total. The fourth-order valence-electron chi connectivity index (χ4n) is 5.06. The minimum atomic E-state index is -0.749. The van der Waals surface area contributed by atoms with Crippen LogP contribution in [0.25, 0.3) is 0 Å². The van der Waals surface area contributed by atoms with E-state index < -0.39 is 11.9 Å². The van der Waals surface area contributed by atoms with Crippen LogP contribution in [0.4, 0.5) is 5.69 Å². The van der Waals surface area contributed by atoms with Crippen LogP contribution >= 0.6 is 0 Å². The lowest BCUT2D eigenvalue weighted by Crippen LogP contribution is -2.41. The molecule has 0 bridgehead atoms. The Bertz CT molecular complexity index is 1240. The van der Waals surface area contributed by atoms with E-state index in [0.29, 0.717) is 47.6 Å². The van der Waals surface area contributed by atoms with E-state index >= 15 is 0 Å². The first kappa shape index (κ1) is 25.2. The molecule has 8 heteroatoms. The van der Waals surface area contributed by atoms with E-state index in [0.717, 1.165) is 16.9 Å². The Morgan fingerprint density at radius 1 is 1.06 bits per heavy atom. The molecular formula is C28H32N2O6. The second-order valence-electron chi connectivity index (χ2n) is 8.72. The summed E-state index contributed by atoms with van der Waals surface area (Å²) in [6.45, 7) is 3.89. The second-order valence-corrected chi connectivity index (χ2v) is 8.72. The van der Waals surface area contributed by atoms with Gasteiger partial charge in [0.2, 0.25) is 5.75 Å². The maximum atomic E-state index is 13.5. The number of nitrogens with zero attached hydrogens (tertiary/aromatic N) is 1. The van der Waals surface area contributed by atoms with Gasteiger partial charge in [-0.05, 0) is 62.1 Å². The van der Waals surface area contributed by atoms with Gasteiger partial charge in [-0.2, -0.15) is 0 Å². The highest BCUT2D eigenvalue weighted by molar-refractivity contribution is 6.05. The zero-order valence-corrected chi connectivity index (χ0v) is 21.3. The van der Waals surface area contributed by atoms with Crippen molar-refractivity contribution >= 4 is 17.4 Å². The third kappa shape index (κ3) is 4.27. The van der Waals surface area contributed by atoms with E-state index in [-0.39, 0.29) is 23.8 Å². The Kier molecular flexibility index (Phi) is 7.24. The Morgan fingerprint density at radius 2 is 1.75 bits per heavy atom. The van der Waals surface area contributed by atoms with Gasteiger partial charge in [-0.3, -0.25) is 9.69 Å². The molecule has 0 spiro atoms. The maximum Gasteiger partial charge on any atom is 0.338 e. The molecule has 0 aromatic heterocycles. The molecule has 4 rings (SSSR count). The summed E-state index contributed by atoms with van der Waals surface area (Å²) in [5, 5.41) is 0. The first-order valence-corrected chi connectivity index (χ1v) is 12.0. The number of ether oxygens (including phenoxy) is 4. The average Bonchev–Trinajstić information content (AvgIpc) is 2.87. The highest BCUT2D eigenvalue weighted by Crippen LogP contribution is 2.49. The van der Waals surface area contributed by atoms with Crippen molar-refractivity contribution < 1.29 is 28.5 Å². The maximum absolute atomic E-state index is 13.5. The van der Waals surface area contributed by atoms with Crippen LogP contribution in [0.1, 0.15) is 43.2 Å². The van der Waals surface area contributed by atoms with E-state index in [1.807, 2.05) is 36.1 Å². The number of nitrogens with two attached hydrogens (primary N) is 1. The lowest BCUT2D eigenvalue weighted by Gasteiger charge is -2.40. The molecule has 2 aromatic carbocycles. The molecule has 0 amide bonds. The number of rotatable bonds is 7. The molecule has 36 heavy (non-hydrogen) atoms. The fraction of sp³-hybridized carbons (Fsp3) is 0.357. The van der Waals surface area contributed by atoms with Crippen LogP contribution in [-0.4, -0.2) is 39.7 Å². The SMILES string of the molecule is CCOC(=O)C1=C(N)N(c2cccc(C)c2)C2=C(C(=O)CCC2)[C@H]1c1cc(OC)c(OC)c(OC)c1. The molecule has 0 radical (unpaired) electrons. The topological polar surface area (TPSA) is 100 Å². The van der Waals surface area contributed by atoms with Crippen LogP contribution in [0.2, 0.25) is 0 Å². The number of ketones is 1. The standard InChI is InChI=1S/C28H32N2O6/c1-6-36-28(32)25-23(17-14-21(33-3)26(35-5)22(15-17)34-4)24-19(11-8-12-20(24)31)30(27(25)29)18-10-7-9-16(2)13-18/h7,9-10,13-15,23H,6,8,11-12,29H2,1-5H3/t23-/m1/s1. The molecule has 0 saturated heterocycles. The predicted octanol–water partition coefficient (Wildman–Crippen LogP) is 4.37. The Hall–Kier alpha value is -3.94.